The Kier molecular flexibility index (Phi) is 5.33. The van der Waals surface area contributed by atoms with Crippen molar-refractivity contribution in [1.82, 2.24) is 10.1 Å². The van der Waals surface area contributed by atoms with Gasteiger partial charge in [0.2, 0.25) is 5.82 Å². The zero-order valence-corrected chi connectivity index (χ0v) is 14.9. The predicted molar refractivity (Wildman–Crippen MR) is 94.7 cm³/mol. The van der Waals surface area contributed by atoms with E-state index in [1.165, 1.54) is 25.6 Å². The summed E-state index contributed by atoms with van der Waals surface area (Å²) in [7, 11) is 3.04. The number of ether oxygens (including phenoxy) is 2. The summed E-state index contributed by atoms with van der Waals surface area (Å²) < 4.78 is 15.9. The molecular formula is C18H15N2O5S-. The van der Waals surface area contributed by atoms with Crippen LogP contribution in [0.1, 0.15) is 17.9 Å². The fraction of sp³-hybridized carbons (Fsp3) is 0.167. The van der Waals surface area contributed by atoms with Crippen molar-refractivity contribution in [2.24, 2.45) is 0 Å². The van der Waals surface area contributed by atoms with Crippen molar-refractivity contribution in [3.63, 3.8) is 0 Å². The number of benzene rings is 1. The molecule has 0 amide bonds. The molecule has 0 radical (unpaired) electrons. The molecule has 0 unspecified atom stereocenters. The van der Waals surface area contributed by atoms with Crippen LogP contribution in [0, 0.1) is 0 Å². The number of aromatic nitrogens is 2. The lowest BCUT2D eigenvalue weighted by Gasteiger charge is -2.11. The Hall–Kier alpha value is -3.13. The molecule has 1 aromatic carbocycles. The molecule has 0 N–H and O–H groups in total. The zero-order chi connectivity index (χ0) is 18.5. The third-order valence-electron chi connectivity index (χ3n) is 3.58. The summed E-state index contributed by atoms with van der Waals surface area (Å²) in [6.45, 7) is 0. The molecule has 134 valence electrons. The average molecular weight is 371 g/mol. The number of carbonyl (C=O) groups is 1. The first-order valence-corrected chi connectivity index (χ1v) is 8.54. The number of nitrogens with zero attached hydrogens (tertiary/aromatic N) is 2. The zero-order valence-electron chi connectivity index (χ0n) is 14.1. The molecule has 2 aromatic heterocycles. The summed E-state index contributed by atoms with van der Waals surface area (Å²) in [4.78, 5) is 15.5. The lowest BCUT2D eigenvalue weighted by Crippen LogP contribution is -2.22. The summed E-state index contributed by atoms with van der Waals surface area (Å²) in [5.41, 5.74) is 1.74. The molecule has 0 aliphatic heterocycles. The standard InChI is InChI=1S/C18H16N2O5S/c1-23-14-5-3-4-11(16(14)24-2)8-13(9-15(21)22)18-19-17(20-25-18)12-6-7-26-10-12/h3-8,10H,9H2,1-2H3,(H,21,22)/p-1/b13-8+. The van der Waals surface area contributed by atoms with Crippen molar-refractivity contribution in [2.75, 3.05) is 14.2 Å². The Morgan fingerprint density at radius 3 is 2.81 bits per heavy atom. The lowest BCUT2D eigenvalue weighted by atomic mass is 10.1. The van der Waals surface area contributed by atoms with Crippen molar-refractivity contribution in [3.8, 4) is 22.9 Å². The maximum atomic E-state index is 11.2. The van der Waals surface area contributed by atoms with Crippen LogP contribution >= 0.6 is 11.3 Å². The highest BCUT2D eigenvalue weighted by molar-refractivity contribution is 7.08. The minimum absolute atomic E-state index is 0.111. The molecule has 3 aromatic rings. The van der Waals surface area contributed by atoms with Gasteiger partial charge in [0.25, 0.3) is 5.89 Å². The number of para-hydroxylation sites is 1. The first kappa shape index (κ1) is 17.7. The van der Waals surface area contributed by atoms with E-state index >= 15 is 0 Å². The molecule has 2 heterocycles. The van der Waals surface area contributed by atoms with Gasteiger partial charge in [0.1, 0.15) is 0 Å². The van der Waals surface area contributed by atoms with Crippen LogP contribution in [-0.4, -0.2) is 30.3 Å². The van der Waals surface area contributed by atoms with Gasteiger partial charge in [0.05, 0.1) is 14.2 Å². The highest BCUT2D eigenvalue weighted by Crippen LogP contribution is 2.34. The normalized spacial score (nSPS) is 11.4. The number of methoxy groups -OCH3 is 2. The van der Waals surface area contributed by atoms with Crippen LogP contribution in [0.25, 0.3) is 23.0 Å². The smallest absolute Gasteiger partial charge is 0.254 e. The number of carbonyl (C=O) groups excluding carboxylic acids is 1. The van der Waals surface area contributed by atoms with Gasteiger partial charge in [-0.15, -0.1) is 0 Å². The second-order valence-electron chi connectivity index (χ2n) is 5.24. The van der Waals surface area contributed by atoms with Crippen molar-refractivity contribution >= 4 is 29.0 Å². The second-order valence-corrected chi connectivity index (χ2v) is 6.02. The fourth-order valence-corrected chi connectivity index (χ4v) is 3.05. The molecular weight excluding hydrogens is 356 g/mol. The van der Waals surface area contributed by atoms with E-state index in [0.29, 0.717) is 28.5 Å². The van der Waals surface area contributed by atoms with E-state index < -0.39 is 5.97 Å². The first-order chi connectivity index (χ1) is 12.6. The molecule has 0 saturated heterocycles. The Morgan fingerprint density at radius 2 is 2.15 bits per heavy atom. The highest BCUT2D eigenvalue weighted by Gasteiger charge is 2.16. The quantitative estimate of drug-likeness (QED) is 0.629. The lowest BCUT2D eigenvalue weighted by molar-refractivity contribution is -0.304. The minimum Gasteiger partial charge on any atom is -0.550 e. The van der Waals surface area contributed by atoms with Crippen LogP contribution in [0.15, 0.2) is 39.5 Å². The Balaban J connectivity index is 2.04. The van der Waals surface area contributed by atoms with E-state index in [4.69, 9.17) is 14.0 Å². The minimum atomic E-state index is -1.26. The molecule has 0 saturated carbocycles. The molecule has 7 nitrogen and oxygen atoms in total. The Morgan fingerprint density at radius 1 is 1.31 bits per heavy atom. The largest absolute Gasteiger partial charge is 0.550 e. The highest BCUT2D eigenvalue weighted by atomic mass is 32.1. The average Bonchev–Trinajstić information content (AvgIpc) is 3.31. The van der Waals surface area contributed by atoms with Crippen LogP contribution in [0.4, 0.5) is 0 Å². The maximum Gasteiger partial charge on any atom is 0.254 e. The molecule has 3 rings (SSSR count). The molecule has 0 atom stereocenters. The van der Waals surface area contributed by atoms with E-state index in [2.05, 4.69) is 10.1 Å². The molecule has 26 heavy (non-hydrogen) atoms. The van der Waals surface area contributed by atoms with Gasteiger partial charge >= 0.3 is 0 Å². The maximum absolute atomic E-state index is 11.2. The van der Waals surface area contributed by atoms with E-state index in [-0.39, 0.29) is 12.3 Å². The van der Waals surface area contributed by atoms with Crippen molar-refractivity contribution < 1.29 is 23.9 Å². The summed E-state index contributed by atoms with van der Waals surface area (Å²) in [5.74, 6) is 0.249. The molecule has 0 fully saturated rings. The fourth-order valence-electron chi connectivity index (χ4n) is 2.42. The van der Waals surface area contributed by atoms with Crippen LogP contribution in [0.3, 0.4) is 0 Å². The summed E-state index contributed by atoms with van der Waals surface area (Å²) in [6, 6.07) is 7.14. The third-order valence-corrected chi connectivity index (χ3v) is 4.26. The summed E-state index contributed by atoms with van der Waals surface area (Å²) >= 11 is 1.50. The van der Waals surface area contributed by atoms with Gasteiger partial charge in [-0.05, 0) is 23.6 Å². The SMILES string of the molecule is COc1cccc(/C=C(\CC(=O)[O-])c2nc(-c3ccsc3)no2)c1OC. The number of carboxylic acid groups (broad SMARTS) is 1. The van der Waals surface area contributed by atoms with Crippen LogP contribution in [0.2, 0.25) is 0 Å². The van der Waals surface area contributed by atoms with E-state index in [1.54, 1.807) is 24.3 Å². The molecule has 0 spiro atoms. The van der Waals surface area contributed by atoms with Crippen molar-refractivity contribution in [2.45, 2.75) is 6.42 Å². The number of aliphatic carboxylic acids is 1. The number of rotatable bonds is 7. The topological polar surface area (TPSA) is 97.5 Å². The van der Waals surface area contributed by atoms with Gasteiger partial charge in [-0.3, -0.25) is 0 Å². The molecule has 0 aliphatic carbocycles. The number of hydrogen-bond donors (Lipinski definition) is 0. The second kappa shape index (κ2) is 7.83. The first-order valence-electron chi connectivity index (χ1n) is 7.60. The monoisotopic (exact) mass is 371 g/mol. The van der Waals surface area contributed by atoms with Gasteiger partial charge in [-0.1, -0.05) is 17.3 Å². The number of thiophene rings is 1. The van der Waals surface area contributed by atoms with Gasteiger partial charge in [-0.25, -0.2) is 0 Å². The number of hydrogen-bond acceptors (Lipinski definition) is 8. The van der Waals surface area contributed by atoms with E-state index in [9.17, 15) is 9.90 Å². The molecule has 8 heteroatoms. The predicted octanol–water partition coefficient (Wildman–Crippen LogP) is 2.50. The van der Waals surface area contributed by atoms with Crippen LogP contribution in [-0.2, 0) is 4.79 Å². The Labute approximate surface area is 153 Å². The molecule has 0 aliphatic rings. The van der Waals surface area contributed by atoms with Gasteiger partial charge < -0.3 is 23.9 Å². The van der Waals surface area contributed by atoms with Crippen LogP contribution < -0.4 is 14.6 Å². The number of carboxylic acids is 1. The summed E-state index contributed by atoms with van der Waals surface area (Å²) in [5, 5.41) is 18.9. The van der Waals surface area contributed by atoms with Crippen LogP contribution in [0.5, 0.6) is 11.5 Å². The van der Waals surface area contributed by atoms with E-state index in [0.717, 1.165) is 5.56 Å². The van der Waals surface area contributed by atoms with Gasteiger partial charge in [0.15, 0.2) is 11.5 Å². The molecule has 0 bridgehead atoms. The van der Waals surface area contributed by atoms with E-state index in [1.807, 2.05) is 16.8 Å². The third kappa shape index (κ3) is 3.75. The summed E-state index contributed by atoms with van der Waals surface area (Å²) in [6.07, 6.45) is 1.23. The van der Waals surface area contributed by atoms with Crippen molar-refractivity contribution in [3.05, 3.63) is 46.5 Å². The van der Waals surface area contributed by atoms with Gasteiger partial charge in [-0.2, -0.15) is 16.3 Å². The van der Waals surface area contributed by atoms with Gasteiger partial charge in [0, 0.05) is 34.5 Å². The van der Waals surface area contributed by atoms with Crippen molar-refractivity contribution in [1.29, 1.82) is 0 Å². The Bertz CT molecular complexity index is 931.